The van der Waals surface area contributed by atoms with Gasteiger partial charge in [-0.3, -0.25) is 10.3 Å². The number of hydrogen-bond donors (Lipinski definition) is 4. The minimum Gasteiger partial charge on any atom is -0.395 e. The Hall–Kier alpha value is -0.0700. The molecule has 0 aromatic rings. The Kier molecular flexibility index (Phi) is 18.0. The molecule has 0 unspecified atom stereocenters. The second-order valence-corrected chi connectivity index (χ2v) is 2.56. The monoisotopic (exact) mass is 247 g/mol. The van der Waals surface area contributed by atoms with Gasteiger partial charge in [0.25, 0.3) is 0 Å². The van der Waals surface area contributed by atoms with E-state index < -0.39 is 0 Å². The molecule has 0 heterocycles. The number of hydrogen-bond acceptors (Lipinski definition) is 4. The van der Waals surface area contributed by atoms with E-state index in [1.807, 2.05) is 4.90 Å². The number of aliphatic hydroxyl groups is 2. The average molecular weight is 248 g/mol. The highest BCUT2D eigenvalue weighted by Gasteiger charge is 2.02. The maximum Gasteiger partial charge on any atom is 0.0918 e. The molecule has 0 spiro atoms. The highest BCUT2D eigenvalue weighted by Crippen LogP contribution is 1.89. The molecule has 0 radical (unpaired) electrons. The van der Waals surface area contributed by atoms with Gasteiger partial charge < -0.3 is 15.9 Å². The Morgan fingerprint density at radius 1 is 1.07 bits per heavy atom. The first kappa shape index (κ1) is 19.5. The second kappa shape index (κ2) is 12.9. The number of nitrogens with one attached hydrogen (secondary N) is 1. The lowest BCUT2D eigenvalue weighted by Gasteiger charge is -2.19. The van der Waals surface area contributed by atoms with Crippen molar-refractivity contribution in [2.45, 2.75) is 6.42 Å². The van der Waals surface area contributed by atoms with Crippen LogP contribution in [0.4, 0.5) is 0 Å². The van der Waals surface area contributed by atoms with Crippen molar-refractivity contribution >= 4 is 30.6 Å². The fourth-order valence-electron chi connectivity index (χ4n) is 0.897. The predicted molar refractivity (Wildman–Crippen MR) is 61.6 cm³/mol. The van der Waals surface area contributed by atoms with Crippen molar-refractivity contribution in [1.82, 2.24) is 4.90 Å². The molecule has 14 heavy (non-hydrogen) atoms. The number of aliphatic hydroxyl groups excluding tert-OH is 2. The molecule has 7 heteroatoms. The molecule has 5 N–H and O–H groups in total. The van der Waals surface area contributed by atoms with E-state index in [0.717, 1.165) is 0 Å². The van der Waals surface area contributed by atoms with E-state index in [1.165, 1.54) is 0 Å². The molecule has 0 aromatic heterocycles. The van der Waals surface area contributed by atoms with E-state index in [2.05, 4.69) is 0 Å². The van der Waals surface area contributed by atoms with Gasteiger partial charge in [-0.2, -0.15) is 0 Å². The first-order valence-corrected chi connectivity index (χ1v) is 3.97. The summed E-state index contributed by atoms with van der Waals surface area (Å²) in [5.41, 5.74) is 5.16. The quantitative estimate of drug-likeness (QED) is 0.359. The number of nitrogens with zero attached hydrogens (tertiary/aromatic N) is 1. The molecule has 0 atom stereocenters. The number of halogens is 2. The molecule has 0 fully saturated rings. The summed E-state index contributed by atoms with van der Waals surface area (Å²) in [6.07, 6.45) is 0.486. The van der Waals surface area contributed by atoms with Crippen molar-refractivity contribution < 1.29 is 10.2 Å². The fourth-order valence-corrected chi connectivity index (χ4v) is 0.897. The van der Waals surface area contributed by atoms with E-state index in [1.54, 1.807) is 0 Å². The fraction of sp³-hybridized carbons (Fsp3) is 0.857. The van der Waals surface area contributed by atoms with Crippen molar-refractivity contribution in [1.29, 1.82) is 5.41 Å². The van der Waals surface area contributed by atoms with Crippen LogP contribution in [0.2, 0.25) is 0 Å². The maximum absolute atomic E-state index is 8.62. The van der Waals surface area contributed by atoms with Crippen LogP contribution in [0, 0.1) is 5.41 Å². The topological polar surface area (TPSA) is 93.6 Å². The highest BCUT2D eigenvalue weighted by atomic mass is 35.5. The van der Waals surface area contributed by atoms with Gasteiger partial charge in [-0.1, -0.05) is 0 Å². The molecule has 5 nitrogen and oxygen atoms in total. The van der Waals surface area contributed by atoms with E-state index in [0.29, 0.717) is 26.1 Å². The lowest BCUT2D eigenvalue weighted by atomic mass is 10.3. The molecule has 0 aromatic carbocycles. The third-order valence-corrected chi connectivity index (χ3v) is 1.53. The summed E-state index contributed by atoms with van der Waals surface area (Å²) in [7, 11) is 0. The molecule has 88 valence electrons. The molecule has 0 saturated heterocycles. The summed E-state index contributed by atoms with van der Waals surface area (Å²) in [6, 6.07) is 0. The summed E-state index contributed by atoms with van der Waals surface area (Å²) in [4.78, 5) is 1.86. The van der Waals surface area contributed by atoms with Crippen LogP contribution in [0.1, 0.15) is 6.42 Å². The zero-order valence-corrected chi connectivity index (χ0v) is 9.61. The van der Waals surface area contributed by atoms with Gasteiger partial charge in [-0.15, -0.1) is 24.8 Å². The minimum absolute atomic E-state index is 0. The highest BCUT2D eigenvalue weighted by molar-refractivity contribution is 5.85. The molecular weight excluding hydrogens is 229 g/mol. The van der Waals surface area contributed by atoms with Gasteiger partial charge >= 0.3 is 0 Å². The predicted octanol–water partition coefficient (Wildman–Crippen LogP) is -0.557. The molecule has 0 aliphatic rings. The van der Waals surface area contributed by atoms with Crippen LogP contribution in [-0.2, 0) is 0 Å². The summed E-state index contributed by atoms with van der Waals surface area (Å²) in [5.74, 6) is 0.135. The summed E-state index contributed by atoms with van der Waals surface area (Å²) in [6.45, 7) is 1.80. The van der Waals surface area contributed by atoms with E-state index >= 15 is 0 Å². The number of nitrogens with two attached hydrogens (primary N) is 1. The van der Waals surface area contributed by atoms with Crippen molar-refractivity contribution in [3.05, 3.63) is 0 Å². The van der Waals surface area contributed by atoms with Crippen LogP contribution in [0.5, 0.6) is 0 Å². The van der Waals surface area contributed by atoms with Crippen LogP contribution < -0.4 is 5.73 Å². The normalized spacial score (nSPS) is 9.07. The number of rotatable bonds is 7. The summed E-state index contributed by atoms with van der Waals surface area (Å²) in [5, 5.41) is 24.2. The standard InChI is InChI=1S/C7H17N3O2.2ClH/c8-7(9)1-2-10(3-5-11)4-6-12;;/h11-12H,1-6H2,(H3,8,9);2*1H. The zero-order chi connectivity index (χ0) is 9.40. The largest absolute Gasteiger partial charge is 0.395 e. The Bertz CT molecular complexity index is 132. The lowest BCUT2D eigenvalue weighted by Crippen LogP contribution is -2.32. The van der Waals surface area contributed by atoms with E-state index in [9.17, 15) is 0 Å². The van der Waals surface area contributed by atoms with Gasteiger partial charge in [-0.25, -0.2) is 0 Å². The van der Waals surface area contributed by atoms with Gasteiger partial charge in [0.05, 0.1) is 19.0 Å². The first-order valence-electron chi connectivity index (χ1n) is 3.97. The zero-order valence-electron chi connectivity index (χ0n) is 7.98. The Labute approximate surface area is 96.6 Å². The van der Waals surface area contributed by atoms with Crippen molar-refractivity contribution in [3.8, 4) is 0 Å². The van der Waals surface area contributed by atoms with Crippen LogP contribution >= 0.6 is 24.8 Å². The van der Waals surface area contributed by atoms with Gasteiger partial charge in [0, 0.05) is 26.1 Å². The Balaban J connectivity index is -0.000000605. The molecule has 0 bridgehead atoms. The second-order valence-electron chi connectivity index (χ2n) is 2.56. The van der Waals surface area contributed by atoms with Gasteiger partial charge in [-0.05, 0) is 0 Å². The molecule has 0 aliphatic heterocycles. The molecule has 0 aliphatic carbocycles. The van der Waals surface area contributed by atoms with Crippen molar-refractivity contribution in [3.63, 3.8) is 0 Å². The van der Waals surface area contributed by atoms with Crippen LogP contribution in [0.3, 0.4) is 0 Å². The molecular formula is C7H19Cl2N3O2. The summed E-state index contributed by atoms with van der Waals surface area (Å²) >= 11 is 0. The molecule has 0 amide bonds. The van der Waals surface area contributed by atoms with Gasteiger partial charge in [0.15, 0.2) is 0 Å². The van der Waals surface area contributed by atoms with Crippen LogP contribution in [0.25, 0.3) is 0 Å². The first-order chi connectivity index (χ1) is 5.70. The lowest BCUT2D eigenvalue weighted by molar-refractivity contribution is 0.164. The maximum atomic E-state index is 8.62. The Morgan fingerprint density at radius 3 is 1.79 bits per heavy atom. The number of amidine groups is 1. The molecule has 0 saturated carbocycles. The van der Waals surface area contributed by atoms with Gasteiger partial charge in [0.1, 0.15) is 0 Å². The SMILES string of the molecule is Cl.Cl.N=C(N)CCN(CCO)CCO. The molecule has 0 rings (SSSR count). The van der Waals surface area contributed by atoms with Crippen molar-refractivity contribution in [2.24, 2.45) is 5.73 Å². The van der Waals surface area contributed by atoms with Crippen LogP contribution in [-0.4, -0.2) is 53.8 Å². The summed E-state index contributed by atoms with van der Waals surface area (Å²) < 4.78 is 0. The average Bonchev–Trinajstić information content (AvgIpc) is 2.01. The third kappa shape index (κ3) is 11.9. The van der Waals surface area contributed by atoms with E-state index in [-0.39, 0.29) is 43.9 Å². The smallest absolute Gasteiger partial charge is 0.0918 e. The minimum atomic E-state index is 0. The van der Waals surface area contributed by atoms with E-state index in [4.69, 9.17) is 21.4 Å². The third-order valence-electron chi connectivity index (χ3n) is 1.53. The van der Waals surface area contributed by atoms with Crippen molar-refractivity contribution in [2.75, 3.05) is 32.8 Å². The van der Waals surface area contributed by atoms with Gasteiger partial charge in [0.2, 0.25) is 0 Å². The van der Waals surface area contributed by atoms with Crippen LogP contribution in [0.15, 0.2) is 0 Å². The Morgan fingerprint density at radius 2 is 1.50 bits per heavy atom.